The molecule has 0 aromatic heterocycles. The van der Waals surface area contributed by atoms with Gasteiger partial charge in [0, 0.05) is 12.3 Å². The lowest BCUT2D eigenvalue weighted by Crippen LogP contribution is -2.26. The summed E-state index contributed by atoms with van der Waals surface area (Å²) in [4.78, 5) is 16.2. The molecule has 0 spiro atoms. The predicted octanol–water partition coefficient (Wildman–Crippen LogP) is 3.57. The van der Waals surface area contributed by atoms with Crippen LogP contribution in [0.4, 0.5) is 5.69 Å². The molecule has 1 aromatic carbocycles. The lowest BCUT2D eigenvalue weighted by Gasteiger charge is -2.14. The van der Waals surface area contributed by atoms with E-state index in [0.717, 1.165) is 35.2 Å². The Kier molecular flexibility index (Phi) is 5.79. The molecular weight excluding hydrogens is 276 g/mol. The average molecular weight is 294 g/mol. The zero-order chi connectivity index (χ0) is 13.5. The van der Waals surface area contributed by atoms with E-state index in [1.54, 1.807) is 11.8 Å². The number of carbonyl (C=O) groups is 1. The number of benzene rings is 1. The molecule has 0 aliphatic carbocycles. The lowest BCUT2D eigenvalue weighted by atomic mass is 10.2. The molecule has 0 unspecified atom stereocenters. The first-order chi connectivity index (χ1) is 9.29. The molecule has 19 heavy (non-hydrogen) atoms. The highest BCUT2D eigenvalue weighted by atomic mass is 32.2. The lowest BCUT2D eigenvalue weighted by molar-refractivity contribution is -0.118. The second kappa shape index (κ2) is 7.60. The van der Waals surface area contributed by atoms with Crippen molar-refractivity contribution in [2.24, 2.45) is 4.99 Å². The van der Waals surface area contributed by atoms with E-state index in [-0.39, 0.29) is 5.91 Å². The van der Waals surface area contributed by atoms with Gasteiger partial charge in [0.1, 0.15) is 4.38 Å². The molecule has 0 radical (unpaired) electrons. The molecule has 0 atom stereocenters. The zero-order valence-electron chi connectivity index (χ0n) is 11.0. The van der Waals surface area contributed by atoms with Gasteiger partial charge in [-0.05, 0) is 18.1 Å². The monoisotopic (exact) mass is 294 g/mol. The van der Waals surface area contributed by atoms with Gasteiger partial charge in [0.05, 0.1) is 11.4 Å². The fourth-order valence-corrected chi connectivity index (χ4v) is 3.56. The minimum absolute atomic E-state index is 0.0978. The molecule has 0 saturated heterocycles. The predicted molar refractivity (Wildman–Crippen MR) is 85.2 cm³/mol. The molecule has 5 heteroatoms. The zero-order valence-corrected chi connectivity index (χ0v) is 12.6. The van der Waals surface area contributed by atoms with E-state index in [4.69, 9.17) is 0 Å². The van der Waals surface area contributed by atoms with Crippen LogP contribution in [0.25, 0.3) is 0 Å². The summed E-state index contributed by atoms with van der Waals surface area (Å²) in [6, 6.07) is 8.16. The number of amides is 1. The fraction of sp³-hybridized carbons (Fsp3) is 0.429. The van der Waals surface area contributed by atoms with Gasteiger partial charge in [0.25, 0.3) is 0 Å². The van der Waals surface area contributed by atoms with E-state index in [0.29, 0.717) is 5.75 Å². The van der Waals surface area contributed by atoms with E-state index in [1.165, 1.54) is 17.3 Å². The molecule has 0 saturated carbocycles. The number of nitrogens with one attached hydrogen (secondary N) is 1. The summed E-state index contributed by atoms with van der Waals surface area (Å²) in [5, 5.41) is 2.92. The van der Waals surface area contributed by atoms with Crippen LogP contribution in [0, 0.1) is 0 Å². The number of rotatable bonds is 5. The van der Waals surface area contributed by atoms with E-state index in [2.05, 4.69) is 23.3 Å². The summed E-state index contributed by atoms with van der Waals surface area (Å²) >= 11 is 3.24. The van der Waals surface area contributed by atoms with Gasteiger partial charge in [-0.2, -0.15) is 0 Å². The minimum Gasteiger partial charge on any atom is -0.355 e. The van der Waals surface area contributed by atoms with Crippen LogP contribution in [0.2, 0.25) is 0 Å². The molecule has 1 amide bonds. The average Bonchev–Trinajstić information content (AvgIpc) is 2.45. The molecule has 1 N–H and O–H groups in total. The maximum absolute atomic E-state index is 11.6. The Morgan fingerprint density at radius 1 is 1.47 bits per heavy atom. The number of unbranched alkanes of at least 4 members (excludes halogenated alkanes) is 1. The van der Waals surface area contributed by atoms with Crippen molar-refractivity contribution in [1.29, 1.82) is 0 Å². The van der Waals surface area contributed by atoms with E-state index < -0.39 is 0 Å². The number of fused-ring (bicyclic) bond motifs is 1. The first kappa shape index (κ1) is 14.5. The number of hydrogen-bond acceptors (Lipinski definition) is 4. The summed E-state index contributed by atoms with van der Waals surface area (Å²) in [6.45, 7) is 2.89. The van der Waals surface area contributed by atoms with Gasteiger partial charge in [-0.1, -0.05) is 55.1 Å². The van der Waals surface area contributed by atoms with E-state index in [9.17, 15) is 4.79 Å². The van der Waals surface area contributed by atoms with Gasteiger partial charge in [-0.3, -0.25) is 4.79 Å². The molecule has 0 bridgehead atoms. The Hall–Kier alpha value is -0.940. The summed E-state index contributed by atoms with van der Waals surface area (Å²) in [5.41, 5.74) is 2.30. The number of aliphatic imine (C=N–C) groups is 1. The number of hydrogen-bond donors (Lipinski definition) is 1. The van der Waals surface area contributed by atoms with Crippen LogP contribution in [0.3, 0.4) is 0 Å². The van der Waals surface area contributed by atoms with Crippen LogP contribution < -0.4 is 5.32 Å². The minimum atomic E-state index is 0.0978. The smallest absolute Gasteiger partial charge is 0.230 e. The van der Waals surface area contributed by atoms with Crippen molar-refractivity contribution in [2.75, 3.05) is 12.3 Å². The van der Waals surface area contributed by atoms with Crippen molar-refractivity contribution in [3.8, 4) is 0 Å². The van der Waals surface area contributed by atoms with Crippen LogP contribution in [0.1, 0.15) is 25.3 Å². The molecule has 1 aliphatic heterocycles. The Labute approximate surface area is 122 Å². The summed E-state index contributed by atoms with van der Waals surface area (Å²) in [6.07, 6.45) is 2.15. The maximum atomic E-state index is 11.6. The summed E-state index contributed by atoms with van der Waals surface area (Å²) in [7, 11) is 0. The van der Waals surface area contributed by atoms with Gasteiger partial charge >= 0.3 is 0 Å². The highest BCUT2D eigenvalue weighted by Gasteiger charge is 2.13. The summed E-state index contributed by atoms with van der Waals surface area (Å²) < 4.78 is 0.990. The Morgan fingerprint density at radius 3 is 3.16 bits per heavy atom. The van der Waals surface area contributed by atoms with Crippen LogP contribution in [-0.4, -0.2) is 22.6 Å². The topological polar surface area (TPSA) is 41.5 Å². The van der Waals surface area contributed by atoms with Crippen molar-refractivity contribution in [2.45, 2.75) is 25.5 Å². The van der Waals surface area contributed by atoms with Gasteiger partial charge < -0.3 is 5.32 Å². The number of thioether (sulfide) groups is 2. The fourth-order valence-electron chi connectivity index (χ4n) is 1.67. The normalized spacial score (nSPS) is 13.6. The molecular formula is C14H18N2OS2. The quantitative estimate of drug-likeness (QED) is 0.844. The highest BCUT2D eigenvalue weighted by Crippen LogP contribution is 2.34. The first-order valence-electron chi connectivity index (χ1n) is 6.48. The van der Waals surface area contributed by atoms with Crippen molar-refractivity contribution in [3.63, 3.8) is 0 Å². The highest BCUT2D eigenvalue weighted by molar-refractivity contribution is 8.38. The SMILES string of the molecule is CCCCNC(=O)CSC1=Nc2ccccc2CS1. The Bertz CT molecular complexity index is 474. The standard InChI is InChI=1S/C14H18N2OS2/c1-2-3-8-15-13(17)10-19-14-16-12-7-5-4-6-11(12)9-18-14/h4-7H,2-3,8-10H2,1H3,(H,15,17). The van der Waals surface area contributed by atoms with Gasteiger partial charge in [-0.25, -0.2) is 4.99 Å². The number of nitrogens with zero attached hydrogens (tertiary/aromatic N) is 1. The Balaban J connectivity index is 1.81. The van der Waals surface area contributed by atoms with Gasteiger partial charge in [0.15, 0.2) is 0 Å². The molecule has 1 aromatic rings. The van der Waals surface area contributed by atoms with Crippen LogP contribution >= 0.6 is 23.5 Å². The molecule has 102 valence electrons. The van der Waals surface area contributed by atoms with Crippen molar-refractivity contribution >= 4 is 39.5 Å². The van der Waals surface area contributed by atoms with Crippen molar-refractivity contribution < 1.29 is 4.79 Å². The van der Waals surface area contributed by atoms with Crippen molar-refractivity contribution in [1.82, 2.24) is 5.32 Å². The maximum Gasteiger partial charge on any atom is 0.230 e. The molecule has 3 nitrogen and oxygen atoms in total. The van der Waals surface area contributed by atoms with Crippen LogP contribution in [0.15, 0.2) is 29.3 Å². The molecule has 1 aliphatic rings. The largest absolute Gasteiger partial charge is 0.355 e. The third-order valence-corrected chi connectivity index (χ3v) is 4.98. The second-order valence-electron chi connectivity index (χ2n) is 4.29. The van der Waals surface area contributed by atoms with Crippen LogP contribution in [0.5, 0.6) is 0 Å². The van der Waals surface area contributed by atoms with E-state index >= 15 is 0 Å². The first-order valence-corrected chi connectivity index (χ1v) is 8.45. The number of para-hydroxylation sites is 1. The van der Waals surface area contributed by atoms with Crippen molar-refractivity contribution in [3.05, 3.63) is 29.8 Å². The third kappa shape index (κ3) is 4.58. The second-order valence-corrected chi connectivity index (χ2v) is 6.47. The molecule has 1 heterocycles. The Morgan fingerprint density at radius 2 is 2.32 bits per heavy atom. The summed E-state index contributed by atoms with van der Waals surface area (Å²) in [5.74, 6) is 1.50. The number of carbonyl (C=O) groups excluding carboxylic acids is 1. The molecule has 0 fully saturated rings. The molecule has 2 rings (SSSR count). The van der Waals surface area contributed by atoms with Gasteiger partial charge in [-0.15, -0.1) is 0 Å². The van der Waals surface area contributed by atoms with Crippen LogP contribution in [-0.2, 0) is 10.5 Å². The van der Waals surface area contributed by atoms with Gasteiger partial charge in [0.2, 0.25) is 5.91 Å². The van der Waals surface area contributed by atoms with E-state index in [1.807, 2.05) is 18.2 Å². The third-order valence-electron chi connectivity index (χ3n) is 2.73.